The first-order valence-electron chi connectivity index (χ1n) is 6.66. The van der Waals surface area contributed by atoms with Crippen molar-refractivity contribution in [1.82, 2.24) is 0 Å². The zero-order chi connectivity index (χ0) is 13.6. The van der Waals surface area contributed by atoms with Gasteiger partial charge in [-0.05, 0) is 54.4 Å². The van der Waals surface area contributed by atoms with Crippen LogP contribution >= 0.6 is 0 Å². The van der Waals surface area contributed by atoms with Gasteiger partial charge in [0.2, 0.25) is 0 Å². The molecule has 1 aromatic rings. The Bertz CT molecular complexity index is 450. The van der Waals surface area contributed by atoms with E-state index in [1.165, 1.54) is 0 Å². The number of ether oxygens (including phenoxy) is 1. The topological polar surface area (TPSA) is 29.5 Å². The van der Waals surface area contributed by atoms with Crippen molar-refractivity contribution in [2.45, 2.75) is 46.1 Å². The molecule has 1 aliphatic carbocycles. The SMILES string of the molecule is COc1ccc(C2(O)CC(C)(C)CC2C)c(C)c1. The van der Waals surface area contributed by atoms with Crippen LogP contribution in [0.5, 0.6) is 5.75 Å². The van der Waals surface area contributed by atoms with Crippen molar-refractivity contribution in [2.75, 3.05) is 7.11 Å². The van der Waals surface area contributed by atoms with Gasteiger partial charge in [-0.3, -0.25) is 0 Å². The molecule has 0 radical (unpaired) electrons. The number of methoxy groups -OCH3 is 1. The lowest BCUT2D eigenvalue weighted by Crippen LogP contribution is -2.30. The van der Waals surface area contributed by atoms with Crippen LogP contribution in [0.2, 0.25) is 0 Å². The Hall–Kier alpha value is -1.02. The Balaban J connectivity index is 2.42. The minimum Gasteiger partial charge on any atom is -0.497 e. The van der Waals surface area contributed by atoms with Gasteiger partial charge in [0.1, 0.15) is 5.75 Å². The van der Waals surface area contributed by atoms with E-state index in [0.717, 1.165) is 29.7 Å². The van der Waals surface area contributed by atoms with E-state index in [9.17, 15) is 5.11 Å². The van der Waals surface area contributed by atoms with Gasteiger partial charge in [-0.25, -0.2) is 0 Å². The maximum atomic E-state index is 11.1. The van der Waals surface area contributed by atoms with Crippen LogP contribution in [0.4, 0.5) is 0 Å². The van der Waals surface area contributed by atoms with Crippen molar-refractivity contribution in [3.63, 3.8) is 0 Å². The van der Waals surface area contributed by atoms with Gasteiger partial charge in [-0.1, -0.05) is 26.8 Å². The maximum absolute atomic E-state index is 11.1. The van der Waals surface area contributed by atoms with E-state index >= 15 is 0 Å². The average Bonchev–Trinajstić information content (AvgIpc) is 2.47. The Kier molecular flexibility index (Phi) is 3.18. The molecule has 0 aromatic heterocycles. The van der Waals surface area contributed by atoms with Crippen molar-refractivity contribution >= 4 is 0 Å². The van der Waals surface area contributed by atoms with Gasteiger partial charge in [-0.2, -0.15) is 0 Å². The van der Waals surface area contributed by atoms with Crippen LogP contribution in [0.25, 0.3) is 0 Å². The molecule has 2 heteroatoms. The van der Waals surface area contributed by atoms with Crippen LogP contribution in [0.15, 0.2) is 18.2 Å². The van der Waals surface area contributed by atoms with E-state index in [0.29, 0.717) is 5.92 Å². The third-order valence-electron chi connectivity index (χ3n) is 4.32. The highest BCUT2D eigenvalue weighted by Gasteiger charge is 2.48. The molecule has 1 aliphatic rings. The fourth-order valence-corrected chi connectivity index (χ4v) is 3.58. The first kappa shape index (κ1) is 13.4. The van der Waals surface area contributed by atoms with Gasteiger partial charge in [0, 0.05) is 0 Å². The Morgan fingerprint density at radius 2 is 2.00 bits per heavy atom. The lowest BCUT2D eigenvalue weighted by atomic mass is 9.81. The summed E-state index contributed by atoms with van der Waals surface area (Å²) >= 11 is 0. The summed E-state index contributed by atoms with van der Waals surface area (Å²) in [5.41, 5.74) is 1.68. The molecule has 0 heterocycles. The van der Waals surface area contributed by atoms with E-state index < -0.39 is 5.60 Å². The van der Waals surface area contributed by atoms with Crippen molar-refractivity contribution in [2.24, 2.45) is 11.3 Å². The highest BCUT2D eigenvalue weighted by atomic mass is 16.5. The predicted molar refractivity (Wildman–Crippen MR) is 73.8 cm³/mol. The molecular weight excluding hydrogens is 224 g/mol. The van der Waals surface area contributed by atoms with Crippen molar-refractivity contribution in [3.05, 3.63) is 29.3 Å². The number of rotatable bonds is 2. The second-order valence-electron chi connectivity index (χ2n) is 6.55. The van der Waals surface area contributed by atoms with Gasteiger partial charge in [0.05, 0.1) is 12.7 Å². The van der Waals surface area contributed by atoms with E-state index in [1.54, 1.807) is 7.11 Å². The molecule has 18 heavy (non-hydrogen) atoms. The number of hydrogen-bond acceptors (Lipinski definition) is 2. The molecule has 2 unspecified atom stereocenters. The molecule has 2 atom stereocenters. The second-order valence-corrected chi connectivity index (χ2v) is 6.55. The molecule has 0 bridgehead atoms. The van der Waals surface area contributed by atoms with Gasteiger partial charge in [0.15, 0.2) is 0 Å². The standard InChI is InChI=1S/C16H24O2/c1-11-8-13(18-5)6-7-14(11)16(17)10-15(3,4)9-12(16)2/h6-8,12,17H,9-10H2,1-5H3. The molecular formula is C16H24O2. The normalized spacial score (nSPS) is 30.4. The highest BCUT2D eigenvalue weighted by molar-refractivity contribution is 5.39. The number of benzene rings is 1. The van der Waals surface area contributed by atoms with Crippen LogP contribution in [-0.2, 0) is 5.60 Å². The van der Waals surface area contributed by atoms with Crippen LogP contribution in [0, 0.1) is 18.3 Å². The first-order chi connectivity index (χ1) is 8.28. The van der Waals surface area contributed by atoms with Crippen LogP contribution in [0.3, 0.4) is 0 Å². The van der Waals surface area contributed by atoms with Crippen molar-refractivity contribution < 1.29 is 9.84 Å². The molecule has 1 fully saturated rings. The molecule has 0 spiro atoms. The molecule has 0 aliphatic heterocycles. The molecule has 1 saturated carbocycles. The summed E-state index contributed by atoms with van der Waals surface area (Å²) in [4.78, 5) is 0. The first-order valence-corrected chi connectivity index (χ1v) is 6.66. The van der Waals surface area contributed by atoms with E-state index in [2.05, 4.69) is 20.8 Å². The zero-order valence-electron chi connectivity index (χ0n) is 12.1. The summed E-state index contributed by atoms with van der Waals surface area (Å²) in [6.07, 6.45) is 1.89. The van der Waals surface area contributed by atoms with Gasteiger partial charge in [0.25, 0.3) is 0 Å². The van der Waals surface area contributed by atoms with E-state index in [4.69, 9.17) is 4.74 Å². The summed E-state index contributed by atoms with van der Waals surface area (Å²) in [5.74, 6) is 1.14. The second kappa shape index (κ2) is 4.27. The summed E-state index contributed by atoms with van der Waals surface area (Å²) in [6, 6.07) is 5.97. The summed E-state index contributed by atoms with van der Waals surface area (Å²) in [6.45, 7) is 8.67. The molecule has 2 nitrogen and oxygen atoms in total. The zero-order valence-corrected chi connectivity index (χ0v) is 12.1. The fourth-order valence-electron chi connectivity index (χ4n) is 3.58. The quantitative estimate of drug-likeness (QED) is 0.865. The van der Waals surface area contributed by atoms with Crippen molar-refractivity contribution in [1.29, 1.82) is 0 Å². The van der Waals surface area contributed by atoms with Crippen molar-refractivity contribution in [3.8, 4) is 5.75 Å². The predicted octanol–water partition coefficient (Wildman–Crippen LogP) is 3.65. The van der Waals surface area contributed by atoms with Crippen LogP contribution < -0.4 is 4.74 Å². The number of aliphatic hydroxyl groups is 1. The highest BCUT2D eigenvalue weighted by Crippen LogP contribution is 2.53. The molecule has 0 amide bonds. The number of aryl methyl sites for hydroxylation is 1. The van der Waals surface area contributed by atoms with Gasteiger partial charge in [-0.15, -0.1) is 0 Å². The van der Waals surface area contributed by atoms with E-state index in [1.807, 2.05) is 25.1 Å². The van der Waals surface area contributed by atoms with Gasteiger partial charge < -0.3 is 9.84 Å². The molecule has 1 N–H and O–H groups in total. The minimum absolute atomic E-state index is 0.209. The molecule has 2 rings (SSSR count). The maximum Gasteiger partial charge on any atom is 0.119 e. The largest absolute Gasteiger partial charge is 0.497 e. The van der Waals surface area contributed by atoms with E-state index in [-0.39, 0.29) is 5.41 Å². The van der Waals surface area contributed by atoms with Gasteiger partial charge >= 0.3 is 0 Å². The third kappa shape index (κ3) is 2.14. The smallest absolute Gasteiger partial charge is 0.119 e. The monoisotopic (exact) mass is 248 g/mol. The van der Waals surface area contributed by atoms with Crippen LogP contribution in [0.1, 0.15) is 44.7 Å². The average molecular weight is 248 g/mol. The summed E-state index contributed by atoms with van der Waals surface area (Å²) < 4.78 is 5.23. The molecule has 1 aromatic carbocycles. The summed E-state index contributed by atoms with van der Waals surface area (Å²) in [5, 5.41) is 11.1. The Labute approximate surface area is 110 Å². The Morgan fingerprint density at radius 3 is 2.44 bits per heavy atom. The Morgan fingerprint density at radius 1 is 1.33 bits per heavy atom. The third-order valence-corrected chi connectivity index (χ3v) is 4.32. The lowest BCUT2D eigenvalue weighted by Gasteiger charge is -2.31. The fraction of sp³-hybridized carbons (Fsp3) is 0.625. The summed E-state index contributed by atoms with van der Waals surface area (Å²) in [7, 11) is 1.67. The molecule has 100 valence electrons. The molecule has 0 saturated heterocycles. The minimum atomic E-state index is -0.695. The lowest BCUT2D eigenvalue weighted by molar-refractivity contribution is -0.00144. The van der Waals surface area contributed by atoms with Crippen LogP contribution in [-0.4, -0.2) is 12.2 Å². The number of hydrogen-bond donors (Lipinski definition) is 1.